The lowest BCUT2D eigenvalue weighted by atomic mass is 10.0. The van der Waals surface area contributed by atoms with Gasteiger partial charge < -0.3 is 19.7 Å². The van der Waals surface area contributed by atoms with E-state index in [0.29, 0.717) is 33.8 Å². The van der Waals surface area contributed by atoms with Gasteiger partial charge in [0.2, 0.25) is 0 Å². The highest BCUT2D eigenvalue weighted by atomic mass is 32.1. The molecule has 0 bridgehead atoms. The highest BCUT2D eigenvalue weighted by molar-refractivity contribution is 7.21. The lowest BCUT2D eigenvalue weighted by molar-refractivity contribution is -0.384. The predicted octanol–water partition coefficient (Wildman–Crippen LogP) is 4.42. The van der Waals surface area contributed by atoms with E-state index in [1.54, 1.807) is 19.1 Å². The van der Waals surface area contributed by atoms with Crippen molar-refractivity contribution in [3.63, 3.8) is 0 Å². The average Bonchev–Trinajstić information content (AvgIpc) is 3.38. The summed E-state index contributed by atoms with van der Waals surface area (Å²) in [5, 5.41) is 14.8. The minimum atomic E-state index is -0.538. The average molecular weight is 490 g/mol. The normalized spacial score (nSPS) is 12.8. The van der Waals surface area contributed by atoms with Crippen LogP contribution in [0.5, 0.6) is 0 Å². The van der Waals surface area contributed by atoms with Crippen LogP contribution in [0.3, 0.4) is 0 Å². The minimum Gasteiger partial charge on any atom is -0.462 e. The fourth-order valence-corrected chi connectivity index (χ4v) is 5.80. The first-order chi connectivity index (χ1) is 15.8. The summed E-state index contributed by atoms with van der Waals surface area (Å²) in [4.78, 5) is 50.8. The van der Waals surface area contributed by atoms with Crippen LogP contribution in [-0.4, -0.2) is 48.1 Å². The molecule has 0 unspecified atom stereocenters. The number of nitrogens with one attached hydrogen (secondary N) is 1. The molecule has 33 heavy (non-hydrogen) atoms. The number of carbonyl (C=O) groups is 3. The molecule has 0 aliphatic carbocycles. The summed E-state index contributed by atoms with van der Waals surface area (Å²) in [7, 11) is 1.31. The van der Waals surface area contributed by atoms with Gasteiger partial charge >= 0.3 is 12.1 Å². The second-order valence-corrected chi connectivity index (χ2v) is 9.30. The Balaban J connectivity index is 1.65. The van der Waals surface area contributed by atoms with E-state index in [-0.39, 0.29) is 18.8 Å². The zero-order valence-corrected chi connectivity index (χ0v) is 19.3. The van der Waals surface area contributed by atoms with Crippen LogP contribution < -0.4 is 5.32 Å². The van der Waals surface area contributed by atoms with E-state index in [1.807, 2.05) is 0 Å². The third kappa shape index (κ3) is 4.39. The van der Waals surface area contributed by atoms with Gasteiger partial charge in [-0.2, -0.15) is 0 Å². The predicted molar refractivity (Wildman–Crippen MR) is 123 cm³/mol. The molecule has 1 aliphatic rings. The van der Waals surface area contributed by atoms with Gasteiger partial charge in [-0.25, -0.2) is 9.59 Å². The van der Waals surface area contributed by atoms with Gasteiger partial charge in [-0.1, -0.05) is 0 Å². The standard InChI is InChI=1S/C21H19N3O7S2/c1-3-31-20(26)17-13-6-7-23(21(27)30-2)10-16(13)33-19(17)22-18(25)15-9-11-8-12(24(28)29)4-5-14(11)32-15/h4-5,8-9H,3,6-7,10H2,1-2H3,(H,22,25). The van der Waals surface area contributed by atoms with Crippen LogP contribution in [0.4, 0.5) is 15.5 Å². The Morgan fingerprint density at radius 1 is 1.24 bits per heavy atom. The maximum atomic E-state index is 13.0. The van der Waals surface area contributed by atoms with E-state index < -0.39 is 22.9 Å². The van der Waals surface area contributed by atoms with Crippen molar-refractivity contribution < 1.29 is 28.8 Å². The molecule has 10 nitrogen and oxygen atoms in total. The van der Waals surface area contributed by atoms with Gasteiger partial charge in [0, 0.05) is 33.6 Å². The number of hydrogen-bond donors (Lipinski definition) is 1. The smallest absolute Gasteiger partial charge is 0.409 e. The number of fused-ring (bicyclic) bond motifs is 2. The fourth-order valence-electron chi connectivity index (χ4n) is 3.62. The summed E-state index contributed by atoms with van der Waals surface area (Å²) in [5.74, 6) is -0.975. The molecular formula is C21H19N3O7S2. The molecule has 3 heterocycles. The van der Waals surface area contributed by atoms with E-state index in [2.05, 4.69) is 5.32 Å². The van der Waals surface area contributed by atoms with Crippen molar-refractivity contribution in [3.8, 4) is 0 Å². The topological polar surface area (TPSA) is 128 Å². The Morgan fingerprint density at radius 2 is 2.03 bits per heavy atom. The monoisotopic (exact) mass is 489 g/mol. The van der Waals surface area contributed by atoms with Gasteiger partial charge in [-0.05, 0) is 31.0 Å². The molecule has 0 fully saturated rings. The van der Waals surface area contributed by atoms with Crippen LogP contribution in [0.1, 0.15) is 37.4 Å². The molecule has 0 saturated heterocycles. The highest BCUT2D eigenvalue weighted by Crippen LogP contribution is 2.38. The molecule has 172 valence electrons. The van der Waals surface area contributed by atoms with Crippen LogP contribution in [0.25, 0.3) is 10.1 Å². The number of hydrogen-bond acceptors (Lipinski definition) is 9. The summed E-state index contributed by atoms with van der Waals surface area (Å²) in [5.41, 5.74) is 0.991. The van der Waals surface area contributed by atoms with Crippen molar-refractivity contribution in [2.45, 2.75) is 19.9 Å². The first-order valence-corrected chi connectivity index (χ1v) is 11.6. The SMILES string of the molecule is CCOC(=O)c1c(NC(=O)c2cc3cc([N+](=O)[O-])ccc3s2)sc2c1CCN(C(=O)OC)C2. The molecule has 0 saturated carbocycles. The van der Waals surface area contributed by atoms with E-state index in [9.17, 15) is 24.5 Å². The second-order valence-electron chi connectivity index (χ2n) is 7.11. The molecule has 12 heteroatoms. The molecule has 0 spiro atoms. The lowest BCUT2D eigenvalue weighted by Crippen LogP contribution is -2.35. The number of methoxy groups -OCH3 is 1. The summed E-state index contributed by atoms with van der Waals surface area (Å²) in [6.45, 7) is 2.53. The van der Waals surface area contributed by atoms with Gasteiger partial charge in [0.1, 0.15) is 5.00 Å². The summed E-state index contributed by atoms with van der Waals surface area (Å²) >= 11 is 2.41. The van der Waals surface area contributed by atoms with E-state index in [1.165, 1.54) is 46.8 Å². The third-order valence-corrected chi connectivity index (χ3v) is 7.38. The van der Waals surface area contributed by atoms with Crippen molar-refractivity contribution in [3.05, 3.63) is 55.3 Å². The molecule has 1 aliphatic heterocycles. The Kier molecular flexibility index (Phi) is 6.29. The minimum absolute atomic E-state index is 0.0575. The van der Waals surface area contributed by atoms with Crippen LogP contribution >= 0.6 is 22.7 Å². The number of rotatable bonds is 5. The first kappa shape index (κ1) is 22.7. The quantitative estimate of drug-likeness (QED) is 0.319. The molecule has 0 radical (unpaired) electrons. The number of amides is 2. The number of anilines is 1. The Bertz CT molecular complexity index is 1280. The largest absolute Gasteiger partial charge is 0.462 e. The lowest BCUT2D eigenvalue weighted by Gasteiger charge is -2.25. The van der Waals surface area contributed by atoms with Crippen LogP contribution in [0, 0.1) is 10.1 Å². The van der Waals surface area contributed by atoms with Gasteiger partial charge in [0.05, 0.1) is 35.6 Å². The van der Waals surface area contributed by atoms with Crippen molar-refractivity contribution in [2.75, 3.05) is 25.6 Å². The molecule has 1 aromatic carbocycles. The molecule has 2 aromatic heterocycles. The summed E-state index contributed by atoms with van der Waals surface area (Å²) in [6, 6.07) is 5.99. The molecule has 3 aromatic rings. The number of nitro groups is 1. The highest BCUT2D eigenvalue weighted by Gasteiger charge is 2.31. The van der Waals surface area contributed by atoms with Crippen LogP contribution in [0.15, 0.2) is 24.3 Å². The summed E-state index contributed by atoms with van der Waals surface area (Å²) in [6.07, 6.45) is -0.0333. The number of carbonyl (C=O) groups excluding carboxylic acids is 3. The fraction of sp³-hybridized carbons (Fsp3) is 0.286. The second kappa shape index (κ2) is 9.16. The molecule has 0 atom stereocenters. The van der Waals surface area contributed by atoms with Gasteiger partial charge in [0.15, 0.2) is 0 Å². The van der Waals surface area contributed by atoms with Gasteiger partial charge in [-0.15, -0.1) is 22.7 Å². The molecule has 1 N–H and O–H groups in total. The first-order valence-electron chi connectivity index (χ1n) is 9.96. The Hall–Kier alpha value is -3.51. The number of nitrogens with zero attached hydrogens (tertiary/aromatic N) is 2. The zero-order chi connectivity index (χ0) is 23.7. The van der Waals surface area contributed by atoms with Crippen molar-refractivity contribution >= 4 is 61.4 Å². The zero-order valence-electron chi connectivity index (χ0n) is 17.7. The van der Waals surface area contributed by atoms with Crippen LogP contribution in [0.2, 0.25) is 0 Å². The molecule has 2 amide bonds. The molecular weight excluding hydrogens is 470 g/mol. The number of nitro benzene ring substituents is 1. The number of esters is 1. The van der Waals surface area contributed by atoms with Gasteiger partial charge in [-0.3, -0.25) is 14.9 Å². The third-order valence-electron chi connectivity index (χ3n) is 5.13. The molecule has 4 rings (SSSR count). The van der Waals surface area contributed by atoms with Gasteiger partial charge in [0.25, 0.3) is 11.6 Å². The Morgan fingerprint density at radius 3 is 2.73 bits per heavy atom. The van der Waals surface area contributed by atoms with E-state index in [4.69, 9.17) is 9.47 Å². The number of thiophene rings is 2. The van der Waals surface area contributed by atoms with Crippen molar-refractivity contribution in [1.82, 2.24) is 4.90 Å². The maximum absolute atomic E-state index is 13.0. The Labute approximate surface area is 195 Å². The number of non-ortho nitro benzene ring substituents is 1. The van der Waals surface area contributed by atoms with E-state index in [0.717, 1.165) is 15.1 Å². The maximum Gasteiger partial charge on any atom is 0.409 e. The summed E-state index contributed by atoms with van der Waals surface area (Å²) < 4.78 is 10.7. The van der Waals surface area contributed by atoms with E-state index >= 15 is 0 Å². The number of benzene rings is 1. The van der Waals surface area contributed by atoms with Crippen molar-refractivity contribution in [2.24, 2.45) is 0 Å². The number of ether oxygens (including phenoxy) is 2. The van der Waals surface area contributed by atoms with Crippen LogP contribution in [-0.2, 0) is 22.4 Å². The van der Waals surface area contributed by atoms with Crippen molar-refractivity contribution in [1.29, 1.82) is 0 Å².